The van der Waals surface area contributed by atoms with Crippen molar-refractivity contribution in [2.75, 3.05) is 17.5 Å². The number of anilines is 1. The number of terminal acetylenes is 2. The lowest BCUT2D eigenvalue weighted by molar-refractivity contribution is -0.386. The van der Waals surface area contributed by atoms with Crippen molar-refractivity contribution in [3.05, 3.63) is 60.2 Å². The van der Waals surface area contributed by atoms with Crippen molar-refractivity contribution in [3.8, 4) is 24.7 Å². The van der Waals surface area contributed by atoms with Gasteiger partial charge in [0.15, 0.2) is 0 Å². The van der Waals surface area contributed by atoms with Crippen LogP contribution in [0.1, 0.15) is 5.56 Å². The van der Waals surface area contributed by atoms with Crippen LogP contribution < -0.4 is 4.31 Å². The van der Waals surface area contributed by atoms with Gasteiger partial charge in [0.05, 0.1) is 17.1 Å². The van der Waals surface area contributed by atoms with E-state index in [0.29, 0.717) is 16.4 Å². The van der Waals surface area contributed by atoms with Crippen LogP contribution in [-0.4, -0.2) is 33.9 Å². The molecule has 0 fully saturated rings. The predicted molar refractivity (Wildman–Crippen MR) is 105 cm³/mol. The third kappa shape index (κ3) is 4.54. The molecule has 2 aromatic rings. The van der Waals surface area contributed by atoms with E-state index in [1.54, 1.807) is 12.0 Å². The van der Waals surface area contributed by atoms with Crippen LogP contribution in [0.2, 0.25) is 0 Å². The number of benzene rings is 2. The fourth-order valence-corrected chi connectivity index (χ4v) is 4.26. The van der Waals surface area contributed by atoms with Gasteiger partial charge in [0, 0.05) is 5.56 Å². The summed E-state index contributed by atoms with van der Waals surface area (Å²) in [7, 11) is -4.25. The van der Waals surface area contributed by atoms with Crippen molar-refractivity contribution in [3.63, 3.8) is 0 Å². The lowest BCUT2D eigenvalue weighted by atomic mass is 9.91. The van der Waals surface area contributed by atoms with Gasteiger partial charge in [-0.1, -0.05) is 42.2 Å². The van der Waals surface area contributed by atoms with Crippen molar-refractivity contribution in [1.82, 2.24) is 0 Å². The molecule has 32 heavy (non-hydrogen) atoms. The third-order valence-corrected chi connectivity index (χ3v) is 6.09. The Morgan fingerprint density at radius 1 is 0.844 bits per heavy atom. The van der Waals surface area contributed by atoms with Gasteiger partial charge < -0.3 is 4.74 Å². The Hall–Kier alpha value is -3.15. The van der Waals surface area contributed by atoms with Crippen molar-refractivity contribution < 1.29 is 39.5 Å². The molecular weight excluding hydrogens is 460 g/mol. The minimum atomic E-state index is -5.92. The van der Waals surface area contributed by atoms with Crippen LogP contribution in [0.15, 0.2) is 59.5 Å². The molecule has 0 aromatic heterocycles. The first-order valence-corrected chi connectivity index (χ1v) is 10.1. The highest BCUT2D eigenvalue weighted by atomic mass is 32.2. The van der Waals surface area contributed by atoms with Crippen LogP contribution in [0.25, 0.3) is 0 Å². The van der Waals surface area contributed by atoms with Crippen LogP contribution in [-0.2, 0) is 20.4 Å². The number of halogens is 6. The average Bonchev–Trinajstić information content (AvgIpc) is 2.71. The molecule has 0 saturated heterocycles. The lowest BCUT2D eigenvalue weighted by Crippen LogP contribution is -2.56. The molecule has 0 spiro atoms. The van der Waals surface area contributed by atoms with Crippen LogP contribution in [0.4, 0.5) is 32.0 Å². The zero-order valence-electron chi connectivity index (χ0n) is 16.1. The molecular formula is C21H15F6NO3S. The van der Waals surface area contributed by atoms with Gasteiger partial charge in [-0.05, 0) is 24.3 Å². The second-order valence-corrected chi connectivity index (χ2v) is 8.11. The Morgan fingerprint density at radius 3 is 1.81 bits per heavy atom. The van der Waals surface area contributed by atoms with Gasteiger partial charge in [0.25, 0.3) is 15.6 Å². The van der Waals surface area contributed by atoms with Gasteiger partial charge in [-0.15, -0.1) is 12.8 Å². The molecule has 0 aliphatic heterocycles. The molecule has 0 bridgehead atoms. The number of nitrogens with zero attached hydrogens (tertiary/aromatic N) is 1. The third-order valence-electron chi connectivity index (χ3n) is 4.30. The zero-order chi connectivity index (χ0) is 24.2. The molecule has 0 atom stereocenters. The molecule has 0 N–H and O–H groups in total. The molecule has 4 nitrogen and oxygen atoms in total. The molecule has 2 aromatic carbocycles. The molecule has 0 amide bonds. The SMILES string of the molecule is C#CCOC(c1ccc(N(CC#C)S(=O)(=O)c2ccccc2)cc1)(C(F)(F)F)C(F)(F)F. The number of ether oxygens (including phenoxy) is 1. The molecule has 0 aliphatic carbocycles. The van der Waals surface area contributed by atoms with Crippen LogP contribution in [0.5, 0.6) is 0 Å². The molecule has 170 valence electrons. The molecule has 0 aliphatic rings. The minimum absolute atomic E-state index is 0.170. The predicted octanol–water partition coefficient (Wildman–Crippen LogP) is 4.48. The first kappa shape index (κ1) is 25.1. The lowest BCUT2D eigenvalue weighted by Gasteiger charge is -2.37. The van der Waals surface area contributed by atoms with Crippen molar-refractivity contribution in [2.45, 2.75) is 22.8 Å². The summed E-state index contributed by atoms with van der Waals surface area (Å²) >= 11 is 0. The Bertz CT molecular complexity index is 1100. The molecule has 11 heteroatoms. The van der Waals surface area contributed by atoms with Gasteiger partial charge in [-0.25, -0.2) is 8.42 Å². The normalized spacial score (nSPS) is 12.6. The van der Waals surface area contributed by atoms with Crippen molar-refractivity contribution in [2.24, 2.45) is 0 Å². The summed E-state index contributed by atoms with van der Waals surface area (Å²) in [6.45, 7) is -1.79. The molecule has 0 heterocycles. The summed E-state index contributed by atoms with van der Waals surface area (Å²) in [5.41, 5.74) is -6.28. The Balaban J connectivity index is 2.62. The maximum Gasteiger partial charge on any atom is 0.430 e. The number of hydrogen-bond donors (Lipinski definition) is 0. The largest absolute Gasteiger partial charge is 0.430 e. The fraction of sp³-hybridized carbons (Fsp3) is 0.238. The summed E-state index contributed by atoms with van der Waals surface area (Å²) in [6.07, 6.45) is -1.82. The maximum absolute atomic E-state index is 13.6. The fourth-order valence-electron chi connectivity index (χ4n) is 2.87. The summed E-state index contributed by atoms with van der Waals surface area (Å²) in [5, 5.41) is 0. The van der Waals surface area contributed by atoms with E-state index in [2.05, 4.69) is 10.7 Å². The molecule has 0 unspecified atom stereocenters. The van der Waals surface area contributed by atoms with Gasteiger partial charge in [-0.3, -0.25) is 4.31 Å². The van der Waals surface area contributed by atoms with Crippen LogP contribution in [0, 0.1) is 24.7 Å². The van der Waals surface area contributed by atoms with E-state index >= 15 is 0 Å². The highest BCUT2D eigenvalue weighted by Gasteiger charge is 2.73. The smallest absolute Gasteiger partial charge is 0.341 e. The van der Waals surface area contributed by atoms with E-state index in [0.717, 1.165) is 12.1 Å². The summed E-state index contributed by atoms with van der Waals surface area (Å²) < 4.78 is 112. The second-order valence-electron chi connectivity index (χ2n) is 6.25. The van der Waals surface area contributed by atoms with Gasteiger partial charge >= 0.3 is 12.4 Å². The topological polar surface area (TPSA) is 46.6 Å². The first-order valence-electron chi connectivity index (χ1n) is 8.65. The zero-order valence-corrected chi connectivity index (χ0v) is 16.9. The van der Waals surface area contributed by atoms with Crippen LogP contribution >= 0.6 is 0 Å². The monoisotopic (exact) mass is 475 g/mol. The average molecular weight is 475 g/mol. The number of hydrogen-bond acceptors (Lipinski definition) is 3. The number of sulfonamides is 1. The van der Waals surface area contributed by atoms with Gasteiger partial charge in [0.1, 0.15) is 6.61 Å². The number of rotatable bonds is 7. The highest BCUT2D eigenvalue weighted by molar-refractivity contribution is 7.92. The quantitative estimate of drug-likeness (QED) is 0.438. The van der Waals surface area contributed by atoms with E-state index in [4.69, 9.17) is 12.8 Å². The summed E-state index contributed by atoms with van der Waals surface area (Å²) in [5.74, 6) is 3.69. The Kier molecular flexibility index (Phi) is 7.18. The molecule has 0 saturated carbocycles. The standard InChI is InChI=1S/C21H15F6NO3S/c1-3-14-28(32(29,30)18-8-6-5-7-9-18)17-12-10-16(11-13-17)19(20(22,23)24,21(25,26)27)31-15-4-2/h1-2,5-13H,14-15H2. The van der Waals surface area contributed by atoms with E-state index < -0.39 is 46.7 Å². The molecule has 2 rings (SSSR count). The van der Waals surface area contributed by atoms with Gasteiger partial charge in [0.2, 0.25) is 0 Å². The highest BCUT2D eigenvalue weighted by Crippen LogP contribution is 2.53. The first-order chi connectivity index (χ1) is 14.8. The van der Waals surface area contributed by atoms with Crippen molar-refractivity contribution in [1.29, 1.82) is 0 Å². The van der Waals surface area contributed by atoms with E-state index in [9.17, 15) is 34.8 Å². The summed E-state index contributed by atoms with van der Waals surface area (Å²) in [6, 6.07) is 9.45. The number of alkyl halides is 6. The Morgan fingerprint density at radius 2 is 1.38 bits per heavy atom. The summed E-state index contributed by atoms with van der Waals surface area (Å²) in [4.78, 5) is -0.170. The van der Waals surface area contributed by atoms with E-state index in [-0.39, 0.29) is 10.6 Å². The van der Waals surface area contributed by atoms with E-state index in [1.807, 2.05) is 0 Å². The minimum Gasteiger partial charge on any atom is -0.341 e. The maximum atomic E-state index is 13.6. The molecule has 0 radical (unpaired) electrons. The second kappa shape index (κ2) is 9.15. The van der Waals surface area contributed by atoms with E-state index in [1.165, 1.54) is 24.3 Å². The Labute approximate surface area is 180 Å². The van der Waals surface area contributed by atoms with Gasteiger partial charge in [-0.2, -0.15) is 26.3 Å². The van der Waals surface area contributed by atoms with Crippen molar-refractivity contribution >= 4 is 15.7 Å². The van der Waals surface area contributed by atoms with Crippen LogP contribution in [0.3, 0.4) is 0 Å².